The Morgan fingerprint density at radius 1 is 1.45 bits per heavy atom. The van der Waals surface area contributed by atoms with E-state index < -0.39 is 0 Å². The first-order chi connectivity index (χ1) is 13.6. The van der Waals surface area contributed by atoms with Crippen LogP contribution in [0.3, 0.4) is 0 Å². The van der Waals surface area contributed by atoms with Crippen molar-refractivity contribution in [2.45, 2.75) is 31.2 Å². The van der Waals surface area contributed by atoms with Crippen LogP contribution in [-0.4, -0.2) is 36.6 Å². The smallest absolute Gasteiger partial charge is 0.395 e. The van der Waals surface area contributed by atoms with Crippen LogP contribution in [0, 0.1) is 19.9 Å². The number of pyridine rings is 1. The molecule has 1 N–H and O–H groups in total. The molecule has 3 rings (SSSR count). The van der Waals surface area contributed by atoms with E-state index in [1.54, 1.807) is 0 Å². The van der Waals surface area contributed by atoms with Gasteiger partial charge in [-0.25, -0.2) is 17.1 Å². The predicted molar refractivity (Wildman–Crippen MR) is 118 cm³/mol. The average Bonchev–Trinajstić information content (AvgIpc) is 2.70. The molecular formula is C22H26N4OSV. The van der Waals surface area contributed by atoms with Crippen LogP contribution in [0.2, 0.25) is 0 Å². The van der Waals surface area contributed by atoms with Gasteiger partial charge in [0.05, 0.1) is 6.61 Å². The number of rotatable bonds is 5. The van der Waals surface area contributed by atoms with E-state index in [0.717, 1.165) is 40.6 Å². The molecule has 2 aromatic rings. The van der Waals surface area contributed by atoms with Gasteiger partial charge < -0.3 is 21.9 Å². The quantitative estimate of drug-likeness (QED) is 0.312. The largest absolute Gasteiger partial charge is 2.00 e. The Balaban J connectivity index is 0.00000300. The number of aliphatic imine (C=N–C) groups is 1. The molecule has 1 aliphatic heterocycles. The molecule has 1 saturated heterocycles. The van der Waals surface area contributed by atoms with E-state index in [9.17, 15) is 0 Å². The van der Waals surface area contributed by atoms with Crippen molar-refractivity contribution in [3.63, 3.8) is 0 Å². The molecular weight excluding hydrogens is 419 g/mol. The van der Waals surface area contributed by atoms with Crippen LogP contribution in [0.25, 0.3) is 0 Å². The summed E-state index contributed by atoms with van der Waals surface area (Å²) in [5, 5.41) is 3.39. The zero-order valence-corrected chi connectivity index (χ0v) is 19.1. The Morgan fingerprint density at radius 2 is 2.21 bits per heavy atom. The van der Waals surface area contributed by atoms with E-state index in [1.807, 2.05) is 49.5 Å². The summed E-state index contributed by atoms with van der Waals surface area (Å²) in [6, 6.07) is 13.1. The van der Waals surface area contributed by atoms with Crippen LogP contribution in [0.1, 0.15) is 24.6 Å². The van der Waals surface area contributed by atoms with Crippen LogP contribution >= 0.6 is 12.6 Å². The molecule has 1 aliphatic rings. The fourth-order valence-electron chi connectivity index (χ4n) is 2.85. The molecule has 2 heterocycles. The first kappa shape index (κ1) is 23.6. The number of hydrogen-bond acceptors (Lipinski definition) is 5. The first-order valence-electron chi connectivity index (χ1n) is 9.44. The molecule has 0 bridgehead atoms. The maximum absolute atomic E-state index is 5.49. The van der Waals surface area contributed by atoms with Crippen LogP contribution in [0.15, 0.2) is 52.5 Å². The number of aryl methyl sites for hydroxylation is 1. The molecule has 1 radical (unpaired) electrons. The normalized spacial score (nSPS) is 17.3. The van der Waals surface area contributed by atoms with E-state index in [2.05, 4.69) is 47.8 Å². The van der Waals surface area contributed by atoms with E-state index >= 15 is 0 Å². The monoisotopic (exact) mass is 445 g/mol. The van der Waals surface area contributed by atoms with Crippen LogP contribution < -0.4 is 10.2 Å². The van der Waals surface area contributed by atoms with Gasteiger partial charge in [0.25, 0.3) is 0 Å². The van der Waals surface area contributed by atoms with Crippen molar-refractivity contribution >= 4 is 30.0 Å². The summed E-state index contributed by atoms with van der Waals surface area (Å²) in [5.74, 6) is 1.46. The summed E-state index contributed by atoms with van der Waals surface area (Å²) in [4.78, 5) is 12.5. The van der Waals surface area contributed by atoms with Crippen molar-refractivity contribution in [3.05, 3.63) is 66.9 Å². The molecule has 1 unspecified atom stereocenters. The maximum Gasteiger partial charge on any atom is 2.00 e. The van der Waals surface area contributed by atoms with Gasteiger partial charge in [0.1, 0.15) is 5.84 Å². The standard InChI is InChI=1S/C22H26N4OS.V/c1-4-5-12-23-22(24-18-7-9-19(28)10-8-18)21-16(2)6-11-20(25-21)26-13-14-27-15-17(26)3;/h5-10,12,17,28H,3-4,13-15H2,1-2H3,(H,23,24);/q-2;+2/b12-5+;. The third-order valence-electron chi connectivity index (χ3n) is 4.41. The number of aromatic nitrogens is 1. The molecule has 0 saturated carbocycles. The van der Waals surface area contributed by atoms with Crippen molar-refractivity contribution < 1.29 is 23.3 Å². The van der Waals surface area contributed by atoms with Crippen molar-refractivity contribution in [2.24, 2.45) is 4.99 Å². The van der Waals surface area contributed by atoms with Gasteiger partial charge in [0.15, 0.2) is 0 Å². The number of benzene rings is 1. The third-order valence-corrected chi connectivity index (χ3v) is 4.71. The zero-order chi connectivity index (χ0) is 19.9. The molecule has 0 aliphatic carbocycles. The summed E-state index contributed by atoms with van der Waals surface area (Å²) in [6.45, 7) is 10.3. The topological polar surface area (TPSA) is 49.8 Å². The van der Waals surface area contributed by atoms with Crippen molar-refractivity contribution in [1.82, 2.24) is 4.98 Å². The van der Waals surface area contributed by atoms with Crippen LogP contribution in [-0.2, 0) is 23.3 Å². The van der Waals surface area contributed by atoms with Gasteiger partial charge in [-0.05, 0) is 30.7 Å². The number of ether oxygens (including phenoxy) is 1. The Bertz CT molecular complexity index is 854. The Morgan fingerprint density at radius 3 is 2.90 bits per heavy atom. The molecule has 1 aromatic carbocycles. The number of hydrogen-bond donors (Lipinski definition) is 2. The maximum atomic E-state index is 5.49. The third kappa shape index (κ3) is 6.38. The van der Waals surface area contributed by atoms with Gasteiger partial charge in [-0.3, -0.25) is 4.98 Å². The SMILES string of the molecule is [CH2-]C1COCCN1c1[c-]cc(C)c(C(=N/C=C/CC)Nc2ccc(S)cc2)n1.[V+2]. The van der Waals surface area contributed by atoms with Crippen LogP contribution in [0.4, 0.5) is 11.5 Å². The number of amidine groups is 1. The second-order valence-corrected chi connectivity index (χ2v) is 7.14. The number of morpholine rings is 1. The molecule has 29 heavy (non-hydrogen) atoms. The minimum atomic E-state index is 0. The van der Waals surface area contributed by atoms with E-state index in [1.165, 1.54) is 0 Å². The fraction of sp³-hybridized carbons (Fsp3) is 0.318. The molecule has 5 nitrogen and oxygen atoms in total. The van der Waals surface area contributed by atoms with Crippen molar-refractivity contribution in [1.29, 1.82) is 0 Å². The van der Waals surface area contributed by atoms with Gasteiger partial charge in [0, 0.05) is 41.4 Å². The van der Waals surface area contributed by atoms with E-state index in [0.29, 0.717) is 19.0 Å². The minimum absolute atomic E-state index is 0. The van der Waals surface area contributed by atoms with E-state index in [-0.39, 0.29) is 24.6 Å². The molecule has 1 atom stereocenters. The number of nitrogens with zero attached hydrogens (tertiary/aromatic N) is 3. The fourth-order valence-corrected chi connectivity index (χ4v) is 3.00. The number of allylic oxidation sites excluding steroid dienone is 1. The molecule has 7 heteroatoms. The van der Waals surface area contributed by atoms with Gasteiger partial charge in [0.2, 0.25) is 0 Å². The van der Waals surface area contributed by atoms with Crippen molar-refractivity contribution in [2.75, 3.05) is 30.0 Å². The van der Waals surface area contributed by atoms with Gasteiger partial charge >= 0.3 is 18.6 Å². The van der Waals surface area contributed by atoms with Crippen molar-refractivity contribution in [3.8, 4) is 0 Å². The van der Waals surface area contributed by atoms with Gasteiger partial charge in [-0.15, -0.1) is 19.6 Å². The minimum Gasteiger partial charge on any atom is -0.395 e. The first-order valence-corrected chi connectivity index (χ1v) is 9.89. The molecule has 1 fully saturated rings. The summed E-state index contributed by atoms with van der Waals surface area (Å²) in [7, 11) is 0. The Hall–Kier alpha value is -1.73. The second kappa shape index (κ2) is 11.5. The van der Waals surface area contributed by atoms with Gasteiger partial charge in [-0.2, -0.15) is 5.56 Å². The predicted octanol–water partition coefficient (Wildman–Crippen LogP) is 4.30. The molecule has 0 spiro atoms. The number of anilines is 2. The Labute approximate surface area is 191 Å². The zero-order valence-electron chi connectivity index (χ0n) is 16.8. The molecule has 1 aromatic heterocycles. The summed E-state index contributed by atoms with van der Waals surface area (Å²) in [5.41, 5.74) is 2.72. The second-order valence-electron chi connectivity index (χ2n) is 6.62. The number of nitrogens with one attached hydrogen (secondary N) is 1. The Kier molecular flexibility index (Phi) is 9.30. The average molecular weight is 445 g/mol. The number of thiol groups is 1. The summed E-state index contributed by atoms with van der Waals surface area (Å²) < 4.78 is 5.49. The summed E-state index contributed by atoms with van der Waals surface area (Å²) in [6.07, 6.45) is 4.74. The molecule has 151 valence electrons. The molecule has 0 amide bonds. The van der Waals surface area contributed by atoms with Crippen LogP contribution in [0.5, 0.6) is 0 Å². The summed E-state index contributed by atoms with van der Waals surface area (Å²) >= 11 is 4.35. The van der Waals surface area contributed by atoms with E-state index in [4.69, 9.17) is 9.72 Å². The van der Waals surface area contributed by atoms with Gasteiger partial charge in [-0.1, -0.05) is 19.0 Å².